The van der Waals surface area contributed by atoms with E-state index in [1.807, 2.05) is 41.3 Å². The molecule has 2 amide bonds. The maximum Gasteiger partial charge on any atom is 0.255 e. The summed E-state index contributed by atoms with van der Waals surface area (Å²) in [6.07, 6.45) is 2.04. The van der Waals surface area contributed by atoms with Crippen LogP contribution in [0.2, 0.25) is 5.02 Å². The van der Waals surface area contributed by atoms with Crippen LogP contribution in [0, 0.1) is 0 Å². The van der Waals surface area contributed by atoms with Gasteiger partial charge in [0.05, 0.1) is 11.3 Å². The van der Waals surface area contributed by atoms with Gasteiger partial charge in [-0.05, 0) is 55.3 Å². The highest BCUT2D eigenvalue weighted by Crippen LogP contribution is 2.22. The number of carbonyl (C=O) groups excluding carboxylic acids is 2. The lowest BCUT2D eigenvalue weighted by Crippen LogP contribution is -2.28. The standard InChI is InChI=1S/C25H23ClN2O3/c26-22-9-3-1-7-19(22)17-31-20-13-11-18(12-14-20)24(29)27-23-10-4-2-8-21(23)25(30)28-15-5-6-16-28/h1-4,7-14H,5-6,15-17H2,(H,27,29). The highest BCUT2D eigenvalue weighted by Gasteiger charge is 2.22. The number of ether oxygens (including phenoxy) is 1. The van der Waals surface area contributed by atoms with Crippen LogP contribution in [0.4, 0.5) is 5.69 Å². The van der Waals surface area contributed by atoms with Gasteiger partial charge in [-0.2, -0.15) is 0 Å². The number of nitrogens with zero attached hydrogens (tertiary/aromatic N) is 1. The number of halogens is 1. The molecule has 158 valence electrons. The smallest absolute Gasteiger partial charge is 0.255 e. The Balaban J connectivity index is 1.41. The molecule has 0 radical (unpaired) electrons. The molecule has 0 unspecified atom stereocenters. The van der Waals surface area contributed by atoms with E-state index in [0.717, 1.165) is 31.5 Å². The zero-order valence-corrected chi connectivity index (χ0v) is 17.8. The normalized spacial score (nSPS) is 13.1. The van der Waals surface area contributed by atoms with Gasteiger partial charge in [-0.3, -0.25) is 9.59 Å². The molecular formula is C25H23ClN2O3. The van der Waals surface area contributed by atoms with Gasteiger partial charge < -0.3 is 15.0 Å². The van der Waals surface area contributed by atoms with E-state index in [0.29, 0.717) is 34.2 Å². The monoisotopic (exact) mass is 434 g/mol. The van der Waals surface area contributed by atoms with E-state index in [2.05, 4.69) is 5.32 Å². The molecule has 1 aliphatic heterocycles. The Hall–Kier alpha value is -3.31. The Kier molecular flexibility index (Phi) is 6.53. The van der Waals surface area contributed by atoms with E-state index in [9.17, 15) is 9.59 Å². The summed E-state index contributed by atoms with van der Waals surface area (Å²) in [5.41, 5.74) is 2.40. The fourth-order valence-electron chi connectivity index (χ4n) is 3.54. The third kappa shape index (κ3) is 5.06. The molecule has 4 rings (SSSR count). The highest BCUT2D eigenvalue weighted by molar-refractivity contribution is 6.31. The van der Waals surface area contributed by atoms with Crippen LogP contribution in [0.3, 0.4) is 0 Å². The molecule has 3 aromatic carbocycles. The molecule has 31 heavy (non-hydrogen) atoms. The average molecular weight is 435 g/mol. The van der Waals surface area contributed by atoms with Crippen molar-refractivity contribution in [1.82, 2.24) is 4.90 Å². The Labute approximate surface area is 186 Å². The third-order valence-corrected chi connectivity index (χ3v) is 5.64. The zero-order chi connectivity index (χ0) is 21.6. The minimum absolute atomic E-state index is 0.0447. The van der Waals surface area contributed by atoms with Gasteiger partial charge in [0.25, 0.3) is 11.8 Å². The number of benzene rings is 3. The molecule has 0 aromatic heterocycles. The summed E-state index contributed by atoms with van der Waals surface area (Å²) >= 11 is 6.15. The minimum Gasteiger partial charge on any atom is -0.489 e. The molecule has 1 fully saturated rings. The van der Waals surface area contributed by atoms with Crippen LogP contribution in [-0.4, -0.2) is 29.8 Å². The third-order valence-electron chi connectivity index (χ3n) is 5.27. The lowest BCUT2D eigenvalue weighted by molar-refractivity contribution is 0.0794. The van der Waals surface area contributed by atoms with Crippen molar-refractivity contribution >= 4 is 29.1 Å². The summed E-state index contributed by atoms with van der Waals surface area (Å²) in [4.78, 5) is 27.4. The Morgan fingerprint density at radius 2 is 1.58 bits per heavy atom. The van der Waals surface area contributed by atoms with E-state index < -0.39 is 0 Å². The van der Waals surface area contributed by atoms with Crippen molar-refractivity contribution in [3.63, 3.8) is 0 Å². The number of likely N-dealkylation sites (tertiary alicyclic amines) is 1. The largest absolute Gasteiger partial charge is 0.489 e. The Bertz CT molecular complexity index is 1080. The number of nitrogens with one attached hydrogen (secondary N) is 1. The van der Waals surface area contributed by atoms with Gasteiger partial charge in [0, 0.05) is 29.2 Å². The van der Waals surface area contributed by atoms with Gasteiger partial charge in [-0.15, -0.1) is 0 Å². The van der Waals surface area contributed by atoms with Gasteiger partial charge in [0.1, 0.15) is 12.4 Å². The van der Waals surface area contributed by atoms with E-state index in [1.165, 1.54) is 0 Å². The van der Waals surface area contributed by atoms with E-state index in [-0.39, 0.29) is 11.8 Å². The van der Waals surface area contributed by atoms with Crippen molar-refractivity contribution in [3.8, 4) is 5.75 Å². The van der Waals surface area contributed by atoms with Crippen LogP contribution in [0.15, 0.2) is 72.8 Å². The van der Waals surface area contributed by atoms with E-state index in [1.54, 1.807) is 36.4 Å². The molecule has 6 heteroatoms. The van der Waals surface area contributed by atoms with Crippen LogP contribution >= 0.6 is 11.6 Å². The maximum absolute atomic E-state index is 12.8. The summed E-state index contributed by atoms with van der Waals surface area (Å²) in [7, 11) is 0. The van der Waals surface area contributed by atoms with Gasteiger partial charge >= 0.3 is 0 Å². The molecule has 1 heterocycles. The first-order valence-electron chi connectivity index (χ1n) is 10.3. The van der Waals surface area contributed by atoms with Crippen LogP contribution < -0.4 is 10.1 Å². The summed E-state index contributed by atoms with van der Waals surface area (Å²) < 4.78 is 5.77. The van der Waals surface area contributed by atoms with Gasteiger partial charge in [0.15, 0.2) is 0 Å². The molecule has 1 saturated heterocycles. The topological polar surface area (TPSA) is 58.6 Å². The molecule has 0 atom stereocenters. The second kappa shape index (κ2) is 9.67. The zero-order valence-electron chi connectivity index (χ0n) is 17.0. The van der Waals surface area contributed by atoms with Crippen molar-refractivity contribution in [1.29, 1.82) is 0 Å². The first-order valence-corrected chi connectivity index (χ1v) is 10.7. The van der Waals surface area contributed by atoms with E-state index in [4.69, 9.17) is 16.3 Å². The molecule has 5 nitrogen and oxygen atoms in total. The van der Waals surface area contributed by atoms with Gasteiger partial charge in [-0.25, -0.2) is 0 Å². The molecule has 1 N–H and O–H groups in total. The fraction of sp³-hybridized carbons (Fsp3) is 0.200. The molecule has 3 aromatic rings. The van der Waals surface area contributed by atoms with Gasteiger partial charge in [-0.1, -0.05) is 41.9 Å². The molecule has 0 bridgehead atoms. The highest BCUT2D eigenvalue weighted by atomic mass is 35.5. The maximum atomic E-state index is 12.8. The number of anilines is 1. The van der Waals surface area contributed by atoms with Crippen LogP contribution in [0.1, 0.15) is 39.1 Å². The number of para-hydroxylation sites is 1. The van der Waals surface area contributed by atoms with Crippen molar-refractivity contribution in [2.75, 3.05) is 18.4 Å². The lowest BCUT2D eigenvalue weighted by atomic mass is 10.1. The molecule has 0 aliphatic carbocycles. The van der Waals surface area contributed by atoms with Crippen LogP contribution in [-0.2, 0) is 6.61 Å². The Morgan fingerprint density at radius 1 is 0.903 bits per heavy atom. The number of hydrogen-bond acceptors (Lipinski definition) is 3. The summed E-state index contributed by atoms with van der Waals surface area (Å²) in [5.74, 6) is 0.317. The van der Waals surface area contributed by atoms with Crippen molar-refractivity contribution in [2.24, 2.45) is 0 Å². The number of amides is 2. The lowest BCUT2D eigenvalue weighted by Gasteiger charge is -2.18. The summed E-state index contributed by atoms with van der Waals surface area (Å²) in [6.45, 7) is 1.87. The fourth-order valence-corrected chi connectivity index (χ4v) is 3.73. The second-order valence-corrected chi connectivity index (χ2v) is 7.81. The quantitative estimate of drug-likeness (QED) is 0.564. The number of carbonyl (C=O) groups is 2. The predicted octanol–water partition coefficient (Wildman–Crippen LogP) is 5.41. The van der Waals surface area contributed by atoms with Crippen molar-refractivity contribution < 1.29 is 14.3 Å². The van der Waals surface area contributed by atoms with Crippen LogP contribution in [0.25, 0.3) is 0 Å². The van der Waals surface area contributed by atoms with Crippen molar-refractivity contribution in [3.05, 3.63) is 94.5 Å². The number of rotatable bonds is 6. The molecular weight excluding hydrogens is 412 g/mol. The summed E-state index contributed by atoms with van der Waals surface area (Å²) in [5, 5.41) is 3.52. The minimum atomic E-state index is -0.278. The SMILES string of the molecule is O=C(Nc1ccccc1C(=O)N1CCCC1)c1ccc(OCc2ccccc2Cl)cc1. The van der Waals surface area contributed by atoms with Gasteiger partial charge in [0.2, 0.25) is 0 Å². The molecule has 0 spiro atoms. The first kappa shape index (κ1) is 20.9. The predicted molar refractivity (Wildman–Crippen MR) is 122 cm³/mol. The molecule has 0 saturated carbocycles. The summed E-state index contributed by atoms with van der Waals surface area (Å²) in [6, 6.07) is 21.5. The second-order valence-electron chi connectivity index (χ2n) is 7.40. The number of hydrogen-bond donors (Lipinski definition) is 1. The average Bonchev–Trinajstić information content (AvgIpc) is 3.34. The first-order chi connectivity index (χ1) is 15.1. The molecule has 1 aliphatic rings. The van der Waals surface area contributed by atoms with E-state index >= 15 is 0 Å². The Morgan fingerprint density at radius 3 is 2.32 bits per heavy atom. The van der Waals surface area contributed by atoms with Crippen LogP contribution in [0.5, 0.6) is 5.75 Å². The van der Waals surface area contributed by atoms with Crippen molar-refractivity contribution in [2.45, 2.75) is 19.4 Å².